The van der Waals surface area contributed by atoms with Gasteiger partial charge in [-0.1, -0.05) is 72.3 Å². The van der Waals surface area contributed by atoms with E-state index < -0.39 is 0 Å². The predicted molar refractivity (Wildman–Crippen MR) is 128 cm³/mol. The van der Waals surface area contributed by atoms with Gasteiger partial charge in [-0.05, 0) is 48.0 Å². The van der Waals surface area contributed by atoms with Gasteiger partial charge in [-0.15, -0.1) is 11.8 Å². The van der Waals surface area contributed by atoms with E-state index in [0.717, 1.165) is 10.6 Å². The fraction of sp³-hybridized carbons (Fsp3) is 0.0385. The highest BCUT2D eigenvalue weighted by Crippen LogP contribution is 2.33. The Bertz CT molecular complexity index is 1170. The number of benzene rings is 4. The smallest absolute Gasteiger partial charge is 0.256 e. The second-order valence-corrected chi connectivity index (χ2v) is 8.23. The molecule has 0 unspecified atom stereocenters. The van der Waals surface area contributed by atoms with E-state index in [9.17, 15) is 4.79 Å². The van der Waals surface area contributed by atoms with Crippen LogP contribution < -0.4 is 10.1 Å². The van der Waals surface area contributed by atoms with Crippen molar-refractivity contribution in [2.24, 2.45) is 0 Å². The quantitative estimate of drug-likeness (QED) is 0.296. The Morgan fingerprint density at radius 1 is 0.839 bits per heavy atom. The molecule has 0 fully saturated rings. The Morgan fingerprint density at radius 2 is 1.52 bits per heavy atom. The molecule has 3 nitrogen and oxygen atoms in total. The molecule has 0 aliphatic rings. The standard InChI is InChI=1S/C26H20ClNO2S/c27-20-15-16-24(30-21-11-5-2-6-12-21)23(17-20)28-26(29)22-13-7-8-14-25(22)31-18-19-9-3-1-4-10-19/h1-17H,18H2,(H,28,29). The number of ether oxygens (including phenoxy) is 1. The summed E-state index contributed by atoms with van der Waals surface area (Å²) in [6.07, 6.45) is 0. The summed E-state index contributed by atoms with van der Waals surface area (Å²) in [6.45, 7) is 0. The molecule has 1 N–H and O–H groups in total. The number of halogens is 1. The molecule has 5 heteroatoms. The molecule has 0 aromatic heterocycles. The van der Waals surface area contributed by atoms with E-state index in [-0.39, 0.29) is 5.91 Å². The van der Waals surface area contributed by atoms with Crippen LogP contribution in [0.5, 0.6) is 11.5 Å². The number of carbonyl (C=O) groups excluding carboxylic acids is 1. The molecule has 0 spiro atoms. The first-order valence-electron chi connectivity index (χ1n) is 9.78. The van der Waals surface area contributed by atoms with Gasteiger partial charge in [0.2, 0.25) is 0 Å². The van der Waals surface area contributed by atoms with Crippen molar-refractivity contribution in [3.8, 4) is 11.5 Å². The van der Waals surface area contributed by atoms with Crippen LogP contribution in [0.2, 0.25) is 5.02 Å². The summed E-state index contributed by atoms with van der Waals surface area (Å²) in [5.41, 5.74) is 2.33. The van der Waals surface area contributed by atoms with Crippen LogP contribution in [-0.2, 0) is 5.75 Å². The molecule has 154 valence electrons. The summed E-state index contributed by atoms with van der Waals surface area (Å²) in [5.74, 6) is 1.78. The number of rotatable bonds is 7. The minimum atomic E-state index is -0.212. The maximum Gasteiger partial charge on any atom is 0.256 e. The fourth-order valence-electron chi connectivity index (χ4n) is 3.01. The van der Waals surface area contributed by atoms with Gasteiger partial charge in [0.1, 0.15) is 5.75 Å². The molecule has 0 aliphatic heterocycles. The van der Waals surface area contributed by atoms with Gasteiger partial charge in [0.05, 0.1) is 11.3 Å². The third-order valence-corrected chi connectivity index (χ3v) is 5.91. The molecule has 4 aromatic carbocycles. The van der Waals surface area contributed by atoms with Crippen LogP contribution in [0.25, 0.3) is 0 Å². The number of carbonyl (C=O) groups is 1. The molecule has 4 aromatic rings. The van der Waals surface area contributed by atoms with Crippen LogP contribution in [-0.4, -0.2) is 5.91 Å². The van der Waals surface area contributed by atoms with E-state index >= 15 is 0 Å². The number of anilines is 1. The second kappa shape index (κ2) is 10.2. The van der Waals surface area contributed by atoms with Crippen molar-refractivity contribution < 1.29 is 9.53 Å². The zero-order valence-electron chi connectivity index (χ0n) is 16.6. The zero-order valence-corrected chi connectivity index (χ0v) is 18.2. The molecule has 0 heterocycles. The van der Waals surface area contributed by atoms with Gasteiger partial charge in [-0.2, -0.15) is 0 Å². The molecule has 0 bridgehead atoms. The zero-order chi connectivity index (χ0) is 21.5. The Balaban J connectivity index is 1.54. The van der Waals surface area contributed by atoms with Crippen molar-refractivity contribution in [2.45, 2.75) is 10.6 Å². The minimum Gasteiger partial charge on any atom is -0.455 e. The molecule has 0 saturated heterocycles. The largest absolute Gasteiger partial charge is 0.455 e. The Labute approximate surface area is 191 Å². The van der Waals surface area contributed by atoms with E-state index in [1.165, 1.54) is 5.56 Å². The van der Waals surface area contributed by atoms with Gasteiger partial charge >= 0.3 is 0 Å². The summed E-state index contributed by atoms with van der Waals surface area (Å²) in [7, 11) is 0. The first-order valence-corrected chi connectivity index (χ1v) is 11.1. The van der Waals surface area contributed by atoms with E-state index in [0.29, 0.717) is 27.8 Å². The van der Waals surface area contributed by atoms with E-state index in [4.69, 9.17) is 16.3 Å². The lowest BCUT2D eigenvalue weighted by molar-refractivity contribution is 0.102. The van der Waals surface area contributed by atoms with Crippen molar-refractivity contribution in [3.05, 3.63) is 119 Å². The fourth-order valence-corrected chi connectivity index (χ4v) is 4.19. The first kappa shape index (κ1) is 21.0. The number of nitrogens with one attached hydrogen (secondary N) is 1. The summed E-state index contributed by atoms with van der Waals surface area (Å²) < 4.78 is 5.96. The summed E-state index contributed by atoms with van der Waals surface area (Å²) in [6, 6.07) is 32.4. The maximum atomic E-state index is 13.1. The topological polar surface area (TPSA) is 38.3 Å². The third kappa shape index (κ3) is 5.69. The van der Waals surface area contributed by atoms with Gasteiger partial charge in [0.15, 0.2) is 5.75 Å². The normalized spacial score (nSPS) is 10.5. The van der Waals surface area contributed by atoms with E-state index in [1.807, 2.05) is 72.8 Å². The van der Waals surface area contributed by atoms with Crippen molar-refractivity contribution in [3.63, 3.8) is 0 Å². The average Bonchev–Trinajstić information content (AvgIpc) is 2.81. The van der Waals surface area contributed by atoms with E-state index in [2.05, 4.69) is 17.4 Å². The van der Waals surface area contributed by atoms with Crippen molar-refractivity contribution in [1.29, 1.82) is 0 Å². The maximum absolute atomic E-state index is 13.1. The highest BCUT2D eigenvalue weighted by atomic mass is 35.5. The molecular weight excluding hydrogens is 426 g/mol. The minimum absolute atomic E-state index is 0.212. The van der Waals surface area contributed by atoms with Gasteiger partial charge < -0.3 is 10.1 Å². The molecule has 31 heavy (non-hydrogen) atoms. The SMILES string of the molecule is O=C(Nc1cc(Cl)ccc1Oc1ccccc1)c1ccccc1SCc1ccccc1. The van der Waals surface area contributed by atoms with Crippen molar-refractivity contribution >= 4 is 35.0 Å². The highest BCUT2D eigenvalue weighted by Gasteiger charge is 2.15. The van der Waals surface area contributed by atoms with Crippen molar-refractivity contribution in [2.75, 3.05) is 5.32 Å². The van der Waals surface area contributed by atoms with Gasteiger partial charge in [0.25, 0.3) is 5.91 Å². The molecule has 0 atom stereocenters. The van der Waals surface area contributed by atoms with Crippen LogP contribution >= 0.6 is 23.4 Å². The number of hydrogen-bond donors (Lipinski definition) is 1. The molecule has 1 amide bonds. The third-order valence-electron chi connectivity index (χ3n) is 4.53. The molecule has 0 aliphatic carbocycles. The molecule has 0 radical (unpaired) electrons. The highest BCUT2D eigenvalue weighted by molar-refractivity contribution is 7.98. The Hall–Kier alpha value is -3.21. The summed E-state index contributed by atoms with van der Waals surface area (Å²) in [5, 5.41) is 3.48. The lowest BCUT2D eigenvalue weighted by Crippen LogP contribution is -2.13. The number of hydrogen-bond acceptors (Lipinski definition) is 3. The lowest BCUT2D eigenvalue weighted by Gasteiger charge is -2.14. The lowest BCUT2D eigenvalue weighted by atomic mass is 10.2. The van der Waals surface area contributed by atoms with Crippen molar-refractivity contribution in [1.82, 2.24) is 0 Å². The number of amides is 1. The van der Waals surface area contributed by atoms with Gasteiger partial charge in [-0.3, -0.25) is 4.79 Å². The summed E-state index contributed by atoms with van der Waals surface area (Å²) >= 11 is 7.82. The molecule has 4 rings (SSSR count). The van der Waals surface area contributed by atoms with Crippen LogP contribution in [0.1, 0.15) is 15.9 Å². The molecule has 0 saturated carbocycles. The number of para-hydroxylation sites is 1. The predicted octanol–water partition coefficient (Wildman–Crippen LogP) is 7.68. The Kier molecular flexibility index (Phi) is 6.92. The first-order chi connectivity index (χ1) is 15.2. The van der Waals surface area contributed by atoms with Crippen LogP contribution in [0.3, 0.4) is 0 Å². The Morgan fingerprint density at radius 3 is 2.29 bits per heavy atom. The average molecular weight is 446 g/mol. The second-order valence-electron chi connectivity index (χ2n) is 6.78. The van der Waals surface area contributed by atoms with Gasteiger partial charge in [-0.25, -0.2) is 0 Å². The summed E-state index contributed by atoms with van der Waals surface area (Å²) in [4.78, 5) is 14.1. The monoisotopic (exact) mass is 445 g/mol. The van der Waals surface area contributed by atoms with Crippen LogP contribution in [0, 0.1) is 0 Å². The molecular formula is C26H20ClNO2S. The van der Waals surface area contributed by atoms with Gasteiger partial charge in [0, 0.05) is 15.7 Å². The van der Waals surface area contributed by atoms with E-state index in [1.54, 1.807) is 30.0 Å². The van der Waals surface area contributed by atoms with Crippen LogP contribution in [0.15, 0.2) is 108 Å². The number of thioether (sulfide) groups is 1. The van der Waals surface area contributed by atoms with Crippen LogP contribution in [0.4, 0.5) is 5.69 Å².